The van der Waals surface area contributed by atoms with Gasteiger partial charge in [-0.2, -0.15) is 0 Å². The second-order valence-corrected chi connectivity index (χ2v) is 5.99. The van der Waals surface area contributed by atoms with Crippen molar-refractivity contribution in [3.63, 3.8) is 0 Å². The zero-order valence-corrected chi connectivity index (χ0v) is 11.4. The molecule has 0 aromatic rings. The highest BCUT2D eigenvalue weighted by Gasteiger charge is 2.34. The van der Waals surface area contributed by atoms with Crippen LogP contribution in [0.5, 0.6) is 0 Å². The van der Waals surface area contributed by atoms with Crippen LogP contribution in [-0.4, -0.2) is 47.8 Å². The van der Waals surface area contributed by atoms with Crippen LogP contribution in [0.2, 0.25) is 0 Å². The van der Waals surface area contributed by atoms with Gasteiger partial charge in [-0.15, -0.1) is 0 Å². The molecule has 4 unspecified atom stereocenters. The van der Waals surface area contributed by atoms with Crippen LogP contribution in [-0.2, 0) is 0 Å². The number of hydrogen-bond acceptors (Lipinski definition) is 3. The van der Waals surface area contributed by atoms with E-state index in [0.29, 0.717) is 30.7 Å². The third kappa shape index (κ3) is 3.21. The quantitative estimate of drug-likeness (QED) is 0.783. The number of aliphatic hydroxyl groups is 1. The Balaban J connectivity index is 1.84. The Hall–Kier alpha value is -0.120. The van der Waals surface area contributed by atoms with Crippen molar-refractivity contribution in [1.82, 2.24) is 10.2 Å². The first kappa shape index (κ1) is 13.3. The summed E-state index contributed by atoms with van der Waals surface area (Å²) >= 11 is 0. The van der Waals surface area contributed by atoms with Gasteiger partial charge in [0.15, 0.2) is 0 Å². The summed E-state index contributed by atoms with van der Waals surface area (Å²) < 4.78 is 0. The summed E-state index contributed by atoms with van der Waals surface area (Å²) in [5.74, 6) is 0.654. The van der Waals surface area contributed by atoms with E-state index in [-0.39, 0.29) is 0 Å². The number of nitrogens with one attached hydrogen (secondary N) is 1. The fraction of sp³-hybridized carbons (Fsp3) is 1.00. The molecule has 100 valence electrons. The van der Waals surface area contributed by atoms with E-state index in [2.05, 4.69) is 24.1 Å². The zero-order valence-electron chi connectivity index (χ0n) is 11.4. The lowest BCUT2D eigenvalue weighted by molar-refractivity contribution is 0.0983. The molecule has 2 saturated heterocycles. The first-order chi connectivity index (χ1) is 8.22. The third-order valence-electron chi connectivity index (χ3n) is 4.72. The molecule has 4 atom stereocenters. The number of aliphatic hydroxyl groups excluding tert-OH is 1. The minimum atomic E-state index is 0.323. The lowest BCUT2D eigenvalue weighted by Gasteiger charge is -2.34. The predicted octanol–water partition coefficient (Wildman–Crippen LogP) is 1.61. The SMILES string of the molecule is CC1CCN(C(C)CC2CCCCN2)C1CO. The Morgan fingerprint density at radius 2 is 2.18 bits per heavy atom. The van der Waals surface area contributed by atoms with Gasteiger partial charge in [0.05, 0.1) is 6.61 Å². The fourth-order valence-corrected chi connectivity index (χ4v) is 3.54. The smallest absolute Gasteiger partial charge is 0.0589 e. The molecule has 0 aromatic heterocycles. The van der Waals surface area contributed by atoms with Gasteiger partial charge in [0.25, 0.3) is 0 Å². The van der Waals surface area contributed by atoms with E-state index < -0.39 is 0 Å². The maximum absolute atomic E-state index is 9.50. The molecule has 0 radical (unpaired) electrons. The summed E-state index contributed by atoms with van der Waals surface area (Å²) in [5.41, 5.74) is 0. The largest absolute Gasteiger partial charge is 0.395 e. The Labute approximate surface area is 106 Å². The van der Waals surface area contributed by atoms with Crippen LogP contribution in [0.3, 0.4) is 0 Å². The zero-order chi connectivity index (χ0) is 12.3. The highest BCUT2D eigenvalue weighted by atomic mass is 16.3. The summed E-state index contributed by atoms with van der Waals surface area (Å²) in [6.45, 7) is 7.28. The molecule has 2 N–H and O–H groups in total. The normalized spacial score (nSPS) is 37.2. The maximum Gasteiger partial charge on any atom is 0.0589 e. The van der Waals surface area contributed by atoms with Gasteiger partial charge in [-0.25, -0.2) is 0 Å². The Morgan fingerprint density at radius 1 is 1.35 bits per heavy atom. The van der Waals surface area contributed by atoms with E-state index in [9.17, 15) is 5.11 Å². The summed E-state index contributed by atoms with van der Waals surface area (Å²) in [5, 5.41) is 13.1. The average molecular weight is 240 g/mol. The summed E-state index contributed by atoms with van der Waals surface area (Å²) in [4.78, 5) is 2.53. The van der Waals surface area contributed by atoms with Crippen LogP contribution in [0.25, 0.3) is 0 Å². The van der Waals surface area contributed by atoms with Crippen LogP contribution in [0.15, 0.2) is 0 Å². The van der Waals surface area contributed by atoms with Gasteiger partial charge in [-0.1, -0.05) is 13.3 Å². The number of piperidine rings is 1. The van der Waals surface area contributed by atoms with Crippen LogP contribution in [0.1, 0.15) is 46.0 Å². The maximum atomic E-state index is 9.50. The van der Waals surface area contributed by atoms with E-state index in [4.69, 9.17) is 0 Å². The highest BCUT2D eigenvalue weighted by Crippen LogP contribution is 2.27. The van der Waals surface area contributed by atoms with Crippen molar-refractivity contribution in [2.24, 2.45) is 5.92 Å². The van der Waals surface area contributed by atoms with Crippen molar-refractivity contribution in [2.45, 2.75) is 64.1 Å². The first-order valence-corrected chi connectivity index (χ1v) is 7.32. The summed E-state index contributed by atoms with van der Waals surface area (Å²) in [6.07, 6.45) is 6.53. The third-order valence-corrected chi connectivity index (χ3v) is 4.72. The molecule has 0 aromatic carbocycles. The highest BCUT2D eigenvalue weighted by molar-refractivity contribution is 4.89. The van der Waals surface area contributed by atoms with Gasteiger partial charge in [-0.3, -0.25) is 4.90 Å². The molecule has 0 saturated carbocycles. The predicted molar refractivity (Wildman–Crippen MR) is 71.1 cm³/mol. The van der Waals surface area contributed by atoms with Gasteiger partial charge in [-0.05, 0) is 51.6 Å². The van der Waals surface area contributed by atoms with E-state index >= 15 is 0 Å². The van der Waals surface area contributed by atoms with Gasteiger partial charge >= 0.3 is 0 Å². The monoisotopic (exact) mass is 240 g/mol. The van der Waals surface area contributed by atoms with Crippen molar-refractivity contribution in [2.75, 3.05) is 19.7 Å². The van der Waals surface area contributed by atoms with Crippen LogP contribution < -0.4 is 5.32 Å². The van der Waals surface area contributed by atoms with E-state index in [1.807, 2.05) is 0 Å². The fourth-order valence-electron chi connectivity index (χ4n) is 3.54. The van der Waals surface area contributed by atoms with Crippen LogP contribution in [0, 0.1) is 5.92 Å². The van der Waals surface area contributed by atoms with Crippen molar-refractivity contribution >= 4 is 0 Å². The van der Waals surface area contributed by atoms with Crippen molar-refractivity contribution < 1.29 is 5.11 Å². The molecule has 2 heterocycles. The minimum absolute atomic E-state index is 0.323. The second kappa shape index (κ2) is 6.17. The van der Waals surface area contributed by atoms with Gasteiger partial charge in [0, 0.05) is 18.1 Å². The molecule has 2 aliphatic heterocycles. The number of rotatable bonds is 4. The number of likely N-dealkylation sites (tertiary alicyclic amines) is 1. The van der Waals surface area contributed by atoms with Crippen molar-refractivity contribution in [1.29, 1.82) is 0 Å². The molecule has 0 bridgehead atoms. The first-order valence-electron chi connectivity index (χ1n) is 7.32. The molecule has 3 nitrogen and oxygen atoms in total. The minimum Gasteiger partial charge on any atom is -0.395 e. The molecular weight excluding hydrogens is 212 g/mol. The Bertz CT molecular complexity index is 228. The van der Waals surface area contributed by atoms with Gasteiger partial charge in [0.2, 0.25) is 0 Å². The molecule has 2 fully saturated rings. The van der Waals surface area contributed by atoms with Crippen molar-refractivity contribution in [3.05, 3.63) is 0 Å². The molecule has 0 amide bonds. The Kier molecular flexibility index (Phi) is 4.83. The van der Waals surface area contributed by atoms with Crippen molar-refractivity contribution in [3.8, 4) is 0 Å². The van der Waals surface area contributed by atoms with E-state index in [1.54, 1.807) is 0 Å². The van der Waals surface area contributed by atoms with E-state index in [1.165, 1.54) is 45.2 Å². The number of nitrogens with zero attached hydrogens (tertiary/aromatic N) is 1. The van der Waals surface area contributed by atoms with E-state index in [0.717, 1.165) is 0 Å². The lowest BCUT2D eigenvalue weighted by Crippen LogP contribution is -2.45. The molecule has 17 heavy (non-hydrogen) atoms. The van der Waals surface area contributed by atoms with Crippen LogP contribution in [0.4, 0.5) is 0 Å². The molecule has 0 spiro atoms. The lowest BCUT2D eigenvalue weighted by atomic mass is 9.97. The van der Waals surface area contributed by atoms with Gasteiger partial charge in [0.1, 0.15) is 0 Å². The number of hydrogen-bond donors (Lipinski definition) is 2. The molecule has 3 heteroatoms. The molecule has 2 aliphatic rings. The standard InChI is InChI=1S/C14H28N2O/c1-11-6-8-16(14(11)10-17)12(2)9-13-5-3-4-7-15-13/h11-15,17H,3-10H2,1-2H3. The topological polar surface area (TPSA) is 35.5 Å². The second-order valence-electron chi connectivity index (χ2n) is 5.99. The van der Waals surface area contributed by atoms with Crippen LogP contribution >= 0.6 is 0 Å². The Morgan fingerprint density at radius 3 is 2.82 bits per heavy atom. The molecular formula is C14H28N2O. The molecule has 0 aliphatic carbocycles. The summed E-state index contributed by atoms with van der Waals surface area (Å²) in [7, 11) is 0. The average Bonchev–Trinajstić information content (AvgIpc) is 2.71. The summed E-state index contributed by atoms with van der Waals surface area (Å²) in [6, 6.07) is 1.70. The molecule has 2 rings (SSSR count). The van der Waals surface area contributed by atoms with Gasteiger partial charge < -0.3 is 10.4 Å².